The highest BCUT2D eigenvalue weighted by atomic mass is 35.5. The molecular weight excluding hydrogens is 380 g/mol. The van der Waals surface area contributed by atoms with Crippen molar-refractivity contribution in [1.29, 1.82) is 0 Å². The molecule has 0 unspecified atom stereocenters. The number of carbonyl (C=O) groups excluding carboxylic acids is 1. The summed E-state index contributed by atoms with van der Waals surface area (Å²) in [5.74, 6) is 0. The van der Waals surface area contributed by atoms with Crippen LogP contribution in [0.2, 0.25) is 5.02 Å². The van der Waals surface area contributed by atoms with Crippen molar-refractivity contribution in [1.82, 2.24) is 0 Å². The Morgan fingerprint density at radius 3 is 2.28 bits per heavy atom. The third kappa shape index (κ3) is 4.01. The number of amides is 2. The second kappa shape index (κ2) is 7.26. The van der Waals surface area contributed by atoms with Crippen molar-refractivity contribution < 1.29 is 13.2 Å². The number of nitrogens with one attached hydrogen (secondary N) is 2. The number of urea groups is 1. The van der Waals surface area contributed by atoms with Crippen LogP contribution in [-0.2, 0) is 9.84 Å². The van der Waals surface area contributed by atoms with E-state index in [0.29, 0.717) is 10.7 Å². The largest absolute Gasteiger partial charge is 0.323 e. The predicted octanol–water partition coefficient (Wildman–Crippen LogP) is 4.88. The molecule has 25 heavy (non-hydrogen) atoms. The molecule has 5 nitrogen and oxygen atoms in total. The number of thiophene rings is 1. The van der Waals surface area contributed by atoms with Gasteiger partial charge in [0, 0.05) is 21.5 Å². The van der Waals surface area contributed by atoms with Gasteiger partial charge in [-0.1, -0.05) is 29.8 Å². The molecular formula is C17H13ClN2O3S2. The van der Waals surface area contributed by atoms with E-state index in [0.717, 1.165) is 0 Å². The molecule has 0 bridgehead atoms. The Morgan fingerprint density at radius 1 is 0.920 bits per heavy atom. The summed E-state index contributed by atoms with van der Waals surface area (Å²) in [5, 5.41) is 8.84. The summed E-state index contributed by atoms with van der Waals surface area (Å²) in [6, 6.07) is 14.1. The molecule has 3 rings (SSSR count). The number of hydrogen-bond acceptors (Lipinski definition) is 4. The van der Waals surface area contributed by atoms with Crippen molar-refractivity contribution in [3.05, 3.63) is 70.4 Å². The molecule has 0 spiro atoms. The van der Waals surface area contributed by atoms with Crippen LogP contribution in [0.25, 0.3) is 0 Å². The van der Waals surface area contributed by atoms with Crippen LogP contribution >= 0.6 is 22.9 Å². The SMILES string of the molecule is O=C(Nc1ccc(Cl)cc1)Nc1cscc1S(=O)(=O)c1ccccc1. The number of halogens is 1. The van der Waals surface area contributed by atoms with Crippen LogP contribution < -0.4 is 10.6 Å². The molecule has 2 aromatic carbocycles. The molecule has 1 aromatic heterocycles. The second-order valence-electron chi connectivity index (χ2n) is 5.05. The highest BCUT2D eigenvalue weighted by molar-refractivity contribution is 7.91. The molecule has 0 saturated carbocycles. The summed E-state index contributed by atoms with van der Waals surface area (Å²) in [6.07, 6.45) is 0. The number of anilines is 2. The Bertz CT molecular complexity index is 984. The highest BCUT2D eigenvalue weighted by Gasteiger charge is 2.23. The number of rotatable bonds is 4. The summed E-state index contributed by atoms with van der Waals surface area (Å²) in [4.78, 5) is 12.4. The lowest BCUT2D eigenvalue weighted by Gasteiger charge is -2.09. The van der Waals surface area contributed by atoms with Gasteiger partial charge in [-0.25, -0.2) is 13.2 Å². The highest BCUT2D eigenvalue weighted by Crippen LogP contribution is 2.31. The van der Waals surface area contributed by atoms with Crippen LogP contribution in [0, 0.1) is 0 Å². The summed E-state index contributed by atoms with van der Waals surface area (Å²) in [6.45, 7) is 0. The standard InChI is InChI=1S/C17H13ClN2O3S2/c18-12-6-8-13(9-7-12)19-17(21)20-15-10-24-11-16(15)25(22,23)14-4-2-1-3-5-14/h1-11H,(H2,19,20,21). The van der Waals surface area contributed by atoms with Crippen LogP contribution in [0.15, 0.2) is 75.1 Å². The van der Waals surface area contributed by atoms with Crippen LogP contribution in [0.5, 0.6) is 0 Å². The zero-order valence-electron chi connectivity index (χ0n) is 12.8. The van der Waals surface area contributed by atoms with E-state index in [1.807, 2.05) is 0 Å². The van der Waals surface area contributed by atoms with Crippen LogP contribution in [0.4, 0.5) is 16.2 Å². The Kier molecular flexibility index (Phi) is 5.08. The fourth-order valence-corrected chi connectivity index (χ4v) is 4.81. The zero-order valence-corrected chi connectivity index (χ0v) is 15.2. The van der Waals surface area contributed by atoms with Crippen molar-refractivity contribution in [2.45, 2.75) is 9.79 Å². The first-order valence-electron chi connectivity index (χ1n) is 7.17. The minimum absolute atomic E-state index is 0.0648. The van der Waals surface area contributed by atoms with Gasteiger partial charge in [-0.2, -0.15) is 0 Å². The molecule has 2 amide bonds. The van der Waals surface area contributed by atoms with Gasteiger partial charge < -0.3 is 10.6 Å². The zero-order chi connectivity index (χ0) is 17.9. The molecule has 2 N–H and O–H groups in total. The second-order valence-corrected chi connectivity index (χ2v) is 8.15. The van der Waals surface area contributed by atoms with Gasteiger partial charge in [0.15, 0.2) is 0 Å². The van der Waals surface area contributed by atoms with E-state index in [9.17, 15) is 13.2 Å². The molecule has 128 valence electrons. The van der Waals surface area contributed by atoms with Gasteiger partial charge in [-0.3, -0.25) is 0 Å². The first-order chi connectivity index (χ1) is 12.0. The molecule has 0 aliphatic heterocycles. The topological polar surface area (TPSA) is 75.3 Å². The van der Waals surface area contributed by atoms with Gasteiger partial charge in [0.25, 0.3) is 0 Å². The Balaban J connectivity index is 1.80. The van der Waals surface area contributed by atoms with Crippen molar-refractivity contribution in [2.75, 3.05) is 10.6 Å². The minimum atomic E-state index is -3.70. The van der Waals surface area contributed by atoms with Gasteiger partial charge >= 0.3 is 6.03 Å². The van der Waals surface area contributed by atoms with Crippen molar-refractivity contribution >= 4 is 50.2 Å². The average molecular weight is 393 g/mol. The summed E-state index contributed by atoms with van der Waals surface area (Å²) < 4.78 is 25.4. The van der Waals surface area contributed by atoms with Crippen LogP contribution in [-0.4, -0.2) is 14.4 Å². The molecule has 0 aliphatic rings. The maximum atomic E-state index is 12.7. The lowest BCUT2D eigenvalue weighted by atomic mass is 10.3. The number of hydrogen-bond donors (Lipinski definition) is 2. The van der Waals surface area contributed by atoms with E-state index >= 15 is 0 Å². The molecule has 3 aromatic rings. The summed E-state index contributed by atoms with van der Waals surface area (Å²) >= 11 is 7.00. The van der Waals surface area contributed by atoms with E-state index in [1.165, 1.54) is 28.8 Å². The monoisotopic (exact) mass is 392 g/mol. The van der Waals surface area contributed by atoms with Crippen LogP contribution in [0.3, 0.4) is 0 Å². The predicted molar refractivity (Wildman–Crippen MR) is 100 cm³/mol. The minimum Gasteiger partial charge on any atom is -0.308 e. The molecule has 8 heteroatoms. The van der Waals surface area contributed by atoms with E-state index in [2.05, 4.69) is 10.6 Å². The van der Waals surface area contributed by atoms with Gasteiger partial charge in [0.05, 0.1) is 10.6 Å². The molecule has 0 saturated heterocycles. The molecule has 1 heterocycles. The molecule has 0 atom stereocenters. The third-order valence-corrected chi connectivity index (χ3v) is 6.27. The quantitative estimate of drug-likeness (QED) is 0.664. The maximum Gasteiger partial charge on any atom is 0.323 e. The van der Waals surface area contributed by atoms with Gasteiger partial charge in [0.1, 0.15) is 4.90 Å². The summed E-state index contributed by atoms with van der Waals surface area (Å²) in [5.41, 5.74) is 0.782. The van der Waals surface area contributed by atoms with Crippen molar-refractivity contribution in [2.24, 2.45) is 0 Å². The van der Waals surface area contributed by atoms with Crippen molar-refractivity contribution in [3.63, 3.8) is 0 Å². The van der Waals surface area contributed by atoms with E-state index < -0.39 is 15.9 Å². The Labute approximate surface area is 154 Å². The third-order valence-electron chi connectivity index (χ3n) is 3.32. The normalized spacial score (nSPS) is 11.1. The average Bonchev–Trinajstić information content (AvgIpc) is 3.06. The van der Waals surface area contributed by atoms with E-state index in [-0.39, 0.29) is 15.5 Å². The fraction of sp³-hybridized carbons (Fsp3) is 0. The Morgan fingerprint density at radius 2 is 1.60 bits per heavy atom. The lowest BCUT2D eigenvalue weighted by molar-refractivity contribution is 0.262. The smallest absolute Gasteiger partial charge is 0.308 e. The maximum absolute atomic E-state index is 12.7. The molecule has 0 fully saturated rings. The fourth-order valence-electron chi connectivity index (χ4n) is 2.13. The van der Waals surface area contributed by atoms with E-state index in [4.69, 9.17) is 11.6 Å². The Hall–Kier alpha value is -2.35. The first-order valence-corrected chi connectivity index (χ1v) is 9.97. The number of sulfone groups is 1. The number of benzene rings is 2. The molecule has 0 radical (unpaired) electrons. The van der Waals surface area contributed by atoms with Crippen LogP contribution in [0.1, 0.15) is 0 Å². The van der Waals surface area contributed by atoms with E-state index in [1.54, 1.807) is 47.8 Å². The summed E-state index contributed by atoms with van der Waals surface area (Å²) in [7, 11) is -3.70. The van der Waals surface area contributed by atoms with Gasteiger partial charge in [0.2, 0.25) is 9.84 Å². The number of carbonyl (C=O) groups is 1. The lowest BCUT2D eigenvalue weighted by Crippen LogP contribution is -2.20. The molecule has 0 aliphatic carbocycles. The van der Waals surface area contributed by atoms with Crippen molar-refractivity contribution in [3.8, 4) is 0 Å². The first kappa shape index (κ1) is 17.5. The van der Waals surface area contributed by atoms with Gasteiger partial charge in [-0.15, -0.1) is 11.3 Å². The van der Waals surface area contributed by atoms with Gasteiger partial charge in [-0.05, 0) is 36.4 Å².